The minimum atomic E-state index is -0.555. The number of amides is 1. The number of rotatable bonds is 7. The van der Waals surface area contributed by atoms with Gasteiger partial charge in [0, 0.05) is 19.9 Å². The van der Waals surface area contributed by atoms with Crippen molar-refractivity contribution in [3.05, 3.63) is 12.4 Å². The van der Waals surface area contributed by atoms with Gasteiger partial charge in [0.1, 0.15) is 6.54 Å². The van der Waals surface area contributed by atoms with E-state index in [-0.39, 0.29) is 19.1 Å². The van der Waals surface area contributed by atoms with Crippen LogP contribution in [0.2, 0.25) is 0 Å². The SMILES string of the molecule is COCC(O)CCNC(=O)Cn1cc(N)cn1. The number of aliphatic hydroxyl groups is 1. The summed E-state index contributed by atoms with van der Waals surface area (Å²) in [4.78, 5) is 11.4. The number of nitrogens with two attached hydrogens (primary N) is 1. The lowest BCUT2D eigenvalue weighted by atomic mass is 10.2. The number of aromatic nitrogens is 2. The maximum absolute atomic E-state index is 11.4. The van der Waals surface area contributed by atoms with Gasteiger partial charge in [-0.3, -0.25) is 9.48 Å². The molecular formula is C10H18N4O3. The molecule has 4 N–H and O–H groups in total. The Kier molecular flexibility index (Phi) is 5.44. The van der Waals surface area contributed by atoms with Crippen molar-refractivity contribution in [2.75, 3.05) is 26.0 Å². The van der Waals surface area contributed by atoms with Crippen LogP contribution < -0.4 is 11.1 Å². The summed E-state index contributed by atoms with van der Waals surface area (Å²) in [6.07, 6.45) is 2.97. The lowest BCUT2D eigenvalue weighted by Crippen LogP contribution is -2.31. The number of nitrogens with one attached hydrogen (secondary N) is 1. The Bertz CT molecular complexity index is 353. The maximum atomic E-state index is 11.4. The minimum absolute atomic E-state index is 0.123. The van der Waals surface area contributed by atoms with Crippen molar-refractivity contribution in [3.8, 4) is 0 Å². The number of hydrogen-bond donors (Lipinski definition) is 3. The number of ether oxygens (including phenoxy) is 1. The molecule has 17 heavy (non-hydrogen) atoms. The van der Waals surface area contributed by atoms with Crippen LogP contribution in [0.4, 0.5) is 5.69 Å². The Morgan fingerprint density at radius 2 is 2.53 bits per heavy atom. The highest BCUT2D eigenvalue weighted by Crippen LogP contribution is 1.97. The number of nitrogens with zero attached hydrogens (tertiary/aromatic N) is 2. The van der Waals surface area contributed by atoms with Gasteiger partial charge in [0.25, 0.3) is 0 Å². The van der Waals surface area contributed by atoms with Crippen molar-refractivity contribution in [1.82, 2.24) is 15.1 Å². The van der Waals surface area contributed by atoms with Crippen molar-refractivity contribution >= 4 is 11.6 Å². The first-order chi connectivity index (χ1) is 8.11. The van der Waals surface area contributed by atoms with Crippen LogP contribution in [0.15, 0.2) is 12.4 Å². The number of anilines is 1. The van der Waals surface area contributed by atoms with Gasteiger partial charge >= 0.3 is 0 Å². The molecule has 1 unspecified atom stereocenters. The molecule has 0 fully saturated rings. The summed E-state index contributed by atoms with van der Waals surface area (Å²) in [5.74, 6) is -0.169. The molecule has 1 amide bonds. The molecule has 7 heteroatoms. The summed E-state index contributed by atoms with van der Waals surface area (Å²) < 4.78 is 6.22. The Morgan fingerprint density at radius 3 is 3.12 bits per heavy atom. The number of nitrogen functional groups attached to an aromatic ring is 1. The lowest BCUT2D eigenvalue weighted by molar-refractivity contribution is -0.121. The number of methoxy groups -OCH3 is 1. The fourth-order valence-electron chi connectivity index (χ4n) is 1.32. The van der Waals surface area contributed by atoms with Gasteiger partial charge in [0.2, 0.25) is 5.91 Å². The Balaban J connectivity index is 2.17. The molecule has 0 spiro atoms. The molecule has 0 aliphatic carbocycles. The van der Waals surface area contributed by atoms with Crippen molar-refractivity contribution in [2.24, 2.45) is 0 Å². The second-order valence-corrected chi connectivity index (χ2v) is 3.72. The lowest BCUT2D eigenvalue weighted by Gasteiger charge is -2.10. The number of hydrogen-bond acceptors (Lipinski definition) is 5. The molecule has 0 saturated heterocycles. The molecule has 0 radical (unpaired) electrons. The second-order valence-electron chi connectivity index (χ2n) is 3.72. The van der Waals surface area contributed by atoms with E-state index in [0.717, 1.165) is 0 Å². The van der Waals surface area contributed by atoms with E-state index in [1.165, 1.54) is 18.0 Å². The first-order valence-electron chi connectivity index (χ1n) is 5.33. The molecule has 1 atom stereocenters. The second kappa shape index (κ2) is 6.87. The average molecular weight is 242 g/mol. The van der Waals surface area contributed by atoms with Gasteiger partial charge in [-0.25, -0.2) is 0 Å². The molecule has 0 aliphatic heterocycles. The van der Waals surface area contributed by atoms with Crippen LogP contribution in [0.3, 0.4) is 0 Å². The molecule has 1 aromatic rings. The van der Waals surface area contributed by atoms with Gasteiger partial charge in [-0.2, -0.15) is 5.10 Å². The van der Waals surface area contributed by atoms with Gasteiger partial charge in [-0.05, 0) is 6.42 Å². The number of carbonyl (C=O) groups excluding carboxylic acids is 1. The number of carbonyl (C=O) groups is 1. The third-order valence-corrected chi connectivity index (χ3v) is 2.12. The molecule has 0 saturated carbocycles. The van der Waals surface area contributed by atoms with Crippen LogP contribution in [0.25, 0.3) is 0 Å². The van der Waals surface area contributed by atoms with Gasteiger partial charge in [-0.1, -0.05) is 0 Å². The highest BCUT2D eigenvalue weighted by atomic mass is 16.5. The van der Waals surface area contributed by atoms with Gasteiger partial charge in [0.15, 0.2) is 0 Å². The summed E-state index contributed by atoms with van der Waals surface area (Å²) in [6.45, 7) is 0.795. The quantitative estimate of drug-likeness (QED) is 0.568. The summed E-state index contributed by atoms with van der Waals surface area (Å²) >= 11 is 0. The van der Waals surface area contributed by atoms with E-state index in [1.54, 1.807) is 6.20 Å². The fourth-order valence-corrected chi connectivity index (χ4v) is 1.32. The van der Waals surface area contributed by atoms with E-state index in [9.17, 15) is 9.90 Å². The number of aliphatic hydroxyl groups excluding tert-OH is 1. The van der Waals surface area contributed by atoms with Crippen LogP contribution in [0, 0.1) is 0 Å². The highest BCUT2D eigenvalue weighted by molar-refractivity contribution is 5.75. The van der Waals surface area contributed by atoms with E-state index in [4.69, 9.17) is 10.5 Å². The maximum Gasteiger partial charge on any atom is 0.241 e. The van der Waals surface area contributed by atoms with Crippen LogP contribution in [-0.2, 0) is 16.1 Å². The third-order valence-electron chi connectivity index (χ3n) is 2.12. The molecular weight excluding hydrogens is 224 g/mol. The molecule has 7 nitrogen and oxygen atoms in total. The van der Waals surface area contributed by atoms with Gasteiger partial charge in [0.05, 0.1) is 24.6 Å². The first kappa shape index (κ1) is 13.5. The van der Waals surface area contributed by atoms with Crippen LogP contribution in [0.1, 0.15) is 6.42 Å². The van der Waals surface area contributed by atoms with Crippen LogP contribution in [-0.4, -0.2) is 47.2 Å². The average Bonchev–Trinajstić information content (AvgIpc) is 2.64. The van der Waals surface area contributed by atoms with Gasteiger partial charge in [-0.15, -0.1) is 0 Å². The zero-order chi connectivity index (χ0) is 12.7. The highest BCUT2D eigenvalue weighted by Gasteiger charge is 2.06. The molecule has 0 bridgehead atoms. The monoisotopic (exact) mass is 242 g/mol. The van der Waals surface area contributed by atoms with Crippen molar-refractivity contribution in [2.45, 2.75) is 19.1 Å². The first-order valence-corrected chi connectivity index (χ1v) is 5.33. The zero-order valence-corrected chi connectivity index (χ0v) is 9.80. The topological polar surface area (TPSA) is 102 Å². The zero-order valence-electron chi connectivity index (χ0n) is 9.80. The molecule has 1 rings (SSSR count). The van der Waals surface area contributed by atoms with Crippen molar-refractivity contribution < 1.29 is 14.6 Å². The van der Waals surface area contributed by atoms with Gasteiger partial charge < -0.3 is 20.9 Å². The van der Waals surface area contributed by atoms with Crippen LogP contribution >= 0.6 is 0 Å². The largest absolute Gasteiger partial charge is 0.396 e. The minimum Gasteiger partial charge on any atom is -0.396 e. The van der Waals surface area contributed by atoms with Crippen molar-refractivity contribution in [1.29, 1.82) is 0 Å². The molecule has 96 valence electrons. The molecule has 1 aromatic heterocycles. The van der Waals surface area contributed by atoms with E-state index < -0.39 is 6.10 Å². The fraction of sp³-hybridized carbons (Fsp3) is 0.600. The third kappa shape index (κ3) is 5.32. The summed E-state index contributed by atoms with van der Waals surface area (Å²) in [5, 5.41) is 15.9. The van der Waals surface area contributed by atoms with E-state index in [0.29, 0.717) is 18.7 Å². The van der Waals surface area contributed by atoms with Crippen LogP contribution in [0.5, 0.6) is 0 Å². The standard InChI is InChI=1S/C10H18N4O3/c1-17-7-9(15)2-3-12-10(16)6-14-5-8(11)4-13-14/h4-5,9,15H,2-3,6-7,11H2,1H3,(H,12,16). The molecule has 0 aliphatic rings. The predicted molar refractivity (Wildman–Crippen MR) is 62.1 cm³/mol. The Hall–Kier alpha value is -1.60. The normalized spacial score (nSPS) is 12.4. The van der Waals surface area contributed by atoms with E-state index in [1.807, 2.05) is 0 Å². The predicted octanol–water partition coefficient (Wildman–Crippen LogP) is -1.02. The van der Waals surface area contributed by atoms with Crippen molar-refractivity contribution in [3.63, 3.8) is 0 Å². The summed E-state index contributed by atoms with van der Waals surface area (Å²) in [5.41, 5.74) is 5.99. The molecule has 0 aromatic carbocycles. The Morgan fingerprint density at radius 1 is 1.76 bits per heavy atom. The van der Waals surface area contributed by atoms with E-state index in [2.05, 4.69) is 10.4 Å². The smallest absolute Gasteiger partial charge is 0.241 e. The summed E-state index contributed by atoms with van der Waals surface area (Å²) in [7, 11) is 1.52. The Labute approximate surface area is 99.6 Å². The molecule has 1 heterocycles. The van der Waals surface area contributed by atoms with E-state index >= 15 is 0 Å². The summed E-state index contributed by atoms with van der Waals surface area (Å²) in [6, 6.07) is 0.